The van der Waals surface area contributed by atoms with Gasteiger partial charge in [0.2, 0.25) is 0 Å². The lowest BCUT2D eigenvalue weighted by molar-refractivity contribution is -0.384. The monoisotopic (exact) mass is 292 g/mol. The SMILES string of the molecule is CCC1CCCCC1Nc1cc([N+](=O)[O-])ccc1C(=O)O. The molecule has 6 nitrogen and oxygen atoms in total. The van der Waals surface area contributed by atoms with Crippen molar-refractivity contribution in [2.45, 2.75) is 45.1 Å². The van der Waals surface area contributed by atoms with Gasteiger partial charge < -0.3 is 10.4 Å². The van der Waals surface area contributed by atoms with Crippen LogP contribution in [0.5, 0.6) is 0 Å². The van der Waals surface area contributed by atoms with Crippen LogP contribution in [0.25, 0.3) is 0 Å². The highest BCUT2D eigenvalue weighted by molar-refractivity contribution is 5.94. The van der Waals surface area contributed by atoms with Crippen LogP contribution in [0.15, 0.2) is 18.2 Å². The molecule has 1 saturated carbocycles. The van der Waals surface area contributed by atoms with Gasteiger partial charge in [-0.25, -0.2) is 4.79 Å². The normalized spacial score (nSPS) is 21.8. The number of hydrogen-bond donors (Lipinski definition) is 2. The zero-order chi connectivity index (χ0) is 15.4. The molecule has 0 spiro atoms. The third-order valence-corrected chi connectivity index (χ3v) is 4.22. The van der Waals surface area contributed by atoms with Gasteiger partial charge in [0.25, 0.3) is 5.69 Å². The lowest BCUT2D eigenvalue weighted by Crippen LogP contribution is -2.32. The number of aromatic carboxylic acids is 1. The van der Waals surface area contributed by atoms with E-state index in [0.29, 0.717) is 11.6 Å². The number of carboxylic acid groups (broad SMARTS) is 1. The molecule has 1 aliphatic rings. The van der Waals surface area contributed by atoms with Crippen molar-refractivity contribution in [2.24, 2.45) is 5.92 Å². The molecule has 0 saturated heterocycles. The van der Waals surface area contributed by atoms with E-state index in [1.165, 1.54) is 24.6 Å². The molecule has 2 N–H and O–H groups in total. The number of carbonyl (C=O) groups is 1. The molecule has 0 aromatic heterocycles. The number of rotatable bonds is 5. The maximum atomic E-state index is 11.3. The third kappa shape index (κ3) is 3.51. The lowest BCUT2D eigenvalue weighted by atomic mass is 9.82. The van der Waals surface area contributed by atoms with Crippen molar-refractivity contribution in [3.05, 3.63) is 33.9 Å². The van der Waals surface area contributed by atoms with Gasteiger partial charge in [-0.3, -0.25) is 10.1 Å². The molecule has 2 unspecified atom stereocenters. The van der Waals surface area contributed by atoms with E-state index < -0.39 is 10.9 Å². The van der Waals surface area contributed by atoms with Crippen molar-refractivity contribution >= 4 is 17.3 Å². The second-order valence-electron chi connectivity index (χ2n) is 5.50. The summed E-state index contributed by atoms with van der Waals surface area (Å²) in [7, 11) is 0. The Kier molecular flexibility index (Phi) is 4.77. The van der Waals surface area contributed by atoms with Gasteiger partial charge in [0, 0.05) is 18.2 Å². The Morgan fingerprint density at radius 2 is 2.14 bits per heavy atom. The highest BCUT2D eigenvalue weighted by atomic mass is 16.6. The number of nitro groups is 1. The van der Waals surface area contributed by atoms with Gasteiger partial charge in [-0.2, -0.15) is 0 Å². The fourth-order valence-corrected chi connectivity index (χ4v) is 3.04. The van der Waals surface area contributed by atoms with Gasteiger partial charge >= 0.3 is 5.97 Å². The summed E-state index contributed by atoms with van der Waals surface area (Å²) in [5.41, 5.74) is 0.342. The number of carboxylic acids is 1. The molecule has 2 rings (SSSR count). The molecule has 2 atom stereocenters. The minimum absolute atomic E-state index is 0.0843. The second kappa shape index (κ2) is 6.56. The predicted octanol–water partition coefficient (Wildman–Crippen LogP) is 3.67. The lowest BCUT2D eigenvalue weighted by Gasteiger charge is -2.32. The summed E-state index contributed by atoms with van der Waals surface area (Å²) in [6.07, 6.45) is 5.41. The van der Waals surface area contributed by atoms with Crippen LogP contribution < -0.4 is 5.32 Å². The zero-order valence-electron chi connectivity index (χ0n) is 12.0. The molecule has 6 heteroatoms. The Hall–Kier alpha value is -2.11. The Balaban J connectivity index is 2.29. The molecule has 0 bridgehead atoms. The molecule has 0 aliphatic heterocycles. The van der Waals surface area contributed by atoms with Gasteiger partial charge in [0.15, 0.2) is 0 Å². The van der Waals surface area contributed by atoms with Crippen molar-refractivity contribution < 1.29 is 14.8 Å². The van der Waals surface area contributed by atoms with Gasteiger partial charge in [-0.05, 0) is 24.8 Å². The summed E-state index contributed by atoms with van der Waals surface area (Å²) in [5, 5.41) is 23.4. The number of nitrogens with one attached hydrogen (secondary N) is 1. The van der Waals surface area contributed by atoms with E-state index in [1.54, 1.807) is 0 Å². The maximum Gasteiger partial charge on any atom is 0.337 e. The van der Waals surface area contributed by atoms with Crippen LogP contribution in [-0.2, 0) is 0 Å². The van der Waals surface area contributed by atoms with Crippen LogP contribution in [-0.4, -0.2) is 22.0 Å². The van der Waals surface area contributed by atoms with Crippen molar-refractivity contribution in [3.8, 4) is 0 Å². The molecule has 1 fully saturated rings. The number of anilines is 1. The first kappa shape index (κ1) is 15.3. The standard InChI is InChI=1S/C15H20N2O4/c1-2-10-5-3-4-6-13(10)16-14-9-11(17(20)21)7-8-12(14)15(18)19/h7-10,13,16H,2-6H2,1H3,(H,18,19). The van der Waals surface area contributed by atoms with Crippen molar-refractivity contribution in [3.63, 3.8) is 0 Å². The number of non-ortho nitro benzene ring substituents is 1. The highest BCUT2D eigenvalue weighted by Crippen LogP contribution is 2.31. The van der Waals surface area contributed by atoms with E-state index in [0.717, 1.165) is 25.7 Å². The molecule has 21 heavy (non-hydrogen) atoms. The summed E-state index contributed by atoms with van der Waals surface area (Å²) in [6.45, 7) is 2.12. The van der Waals surface area contributed by atoms with Crippen molar-refractivity contribution in [1.82, 2.24) is 0 Å². The van der Waals surface area contributed by atoms with E-state index in [-0.39, 0.29) is 17.3 Å². The first-order valence-corrected chi connectivity index (χ1v) is 7.31. The average Bonchev–Trinajstić information content (AvgIpc) is 2.47. The van der Waals surface area contributed by atoms with E-state index >= 15 is 0 Å². The van der Waals surface area contributed by atoms with Crippen LogP contribution in [0.2, 0.25) is 0 Å². The smallest absolute Gasteiger partial charge is 0.337 e. The topological polar surface area (TPSA) is 92.5 Å². The number of hydrogen-bond acceptors (Lipinski definition) is 4. The van der Waals surface area contributed by atoms with E-state index in [2.05, 4.69) is 12.2 Å². The molecule has 0 heterocycles. The van der Waals surface area contributed by atoms with Crippen LogP contribution in [0.1, 0.15) is 49.4 Å². The van der Waals surface area contributed by atoms with Gasteiger partial charge in [0.1, 0.15) is 0 Å². The van der Waals surface area contributed by atoms with Crippen molar-refractivity contribution in [1.29, 1.82) is 0 Å². The van der Waals surface area contributed by atoms with E-state index in [1.807, 2.05) is 0 Å². The maximum absolute atomic E-state index is 11.3. The number of nitro benzene ring substituents is 1. The fraction of sp³-hybridized carbons (Fsp3) is 0.533. The Morgan fingerprint density at radius 3 is 2.76 bits per heavy atom. The Bertz CT molecular complexity index is 544. The molecule has 1 aromatic rings. The summed E-state index contributed by atoms with van der Waals surface area (Å²) in [5.74, 6) is -0.587. The number of benzene rings is 1. The molecular weight excluding hydrogens is 272 g/mol. The van der Waals surface area contributed by atoms with Crippen LogP contribution in [0, 0.1) is 16.0 Å². The molecule has 114 valence electrons. The predicted molar refractivity (Wildman–Crippen MR) is 79.7 cm³/mol. The van der Waals surface area contributed by atoms with Gasteiger partial charge in [-0.15, -0.1) is 0 Å². The summed E-state index contributed by atoms with van der Waals surface area (Å²) < 4.78 is 0. The first-order valence-electron chi connectivity index (χ1n) is 7.31. The summed E-state index contributed by atoms with van der Waals surface area (Å²) in [4.78, 5) is 21.7. The minimum atomic E-state index is -1.07. The zero-order valence-corrected chi connectivity index (χ0v) is 12.0. The third-order valence-electron chi connectivity index (χ3n) is 4.22. The number of nitrogens with zero attached hydrogens (tertiary/aromatic N) is 1. The van der Waals surface area contributed by atoms with Crippen molar-refractivity contribution in [2.75, 3.05) is 5.32 Å². The Labute approximate surface area is 123 Å². The highest BCUT2D eigenvalue weighted by Gasteiger charge is 2.25. The minimum Gasteiger partial charge on any atom is -0.478 e. The Morgan fingerprint density at radius 1 is 1.43 bits per heavy atom. The molecule has 0 amide bonds. The first-order chi connectivity index (χ1) is 10.0. The fourth-order valence-electron chi connectivity index (χ4n) is 3.04. The summed E-state index contributed by atoms with van der Waals surface area (Å²) in [6, 6.07) is 4.04. The molecule has 0 radical (unpaired) electrons. The quantitative estimate of drug-likeness (QED) is 0.638. The summed E-state index contributed by atoms with van der Waals surface area (Å²) >= 11 is 0. The van der Waals surface area contributed by atoms with Crippen LogP contribution in [0.4, 0.5) is 11.4 Å². The molecule has 1 aliphatic carbocycles. The van der Waals surface area contributed by atoms with E-state index in [4.69, 9.17) is 0 Å². The molecule has 1 aromatic carbocycles. The van der Waals surface area contributed by atoms with Gasteiger partial charge in [0.05, 0.1) is 16.2 Å². The second-order valence-corrected chi connectivity index (χ2v) is 5.50. The van der Waals surface area contributed by atoms with Crippen LogP contribution >= 0.6 is 0 Å². The van der Waals surface area contributed by atoms with Crippen LogP contribution in [0.3, 0.4) is 0 Å². The van der Waals surface area contributed by atoms with E-state index in [9.17, 15) is 20.0 Å². The van der Waals surface area contributed by atoms with Gasteiger partial charge in [-0.1, -0.05) is 26.2 Å². The average molecular weight is 292 g/mol. The largest absolute Gasteiger partial charge is 0.478 e. The molecular formula is C15H20N2O4.